The Morgan fingerprint density at radius 3 is 2.42 bits per heavy atom. The van der Waals surface area contributed by atoms with Crippen molar-refractivity contribution in [2.75, 3.05) is 31.1 Å². The largest absolute Gasteiger partial charge is 0.354 e. The number of amides is 1. The zero-order valence-corrected chi connectivity index (χ0v) is 17.7. The van der Waals surface area contributed by atoms with Crippen LogP contribution < -0.4 is 4.90 Å². The van der Waals surface area contributed by atoms with Crippen molar-refractivity contribution < 1.29 is 4.79 Å². The fourth-order valence-electron chi connectivity index (χ4n) is 3.98. The third kappa shape index (κ3) is 5.68. The molecule has 1 saturated heterocycles. The molecule has 0 aliphatic carbocycles. The van der Waals surface area contributed by atoms with E-state index in [-0.39, 0.29) is 5.41 Å². The number of hydrogen-bond donors (Lipinski definition) is 0. The highest BCUT2D eigenvalue weighted by atomic mass is 16.2. The Morgan fingerprint density at radius 2 is 1.77 bits per heavy atom. The van der Waals surface area contributed by atoms with Crippen molar-refractivity contribution in [1.82, 2.24) is 14.9 Å². The summed E-state index contributed by atoms with van der Waals surface area (Å²) in [5, 5.41) is 0. The molecule has 0 bridgehead atoms. The summed E-state index contributed by atoms with van der Waals surface area (Å²) in [4.78, 5) is 26.2. The van der Waals surface area contributed by atoms with Gasteiger partial charge < -0.3 is 9.80 Å². The molecule has 1 atom stereocenters. The monoisotopic (exact) mass is 360 g/mol. The molecule has 0 radical (unpaired) electrons. The average molecular weight is 361 g/mol. The molecule has 26 heavy (non-hydrogen) atoms. The zero-order chi connectivity index (χ0) is 19.5. The van der Waals surface area contributed by atoms with Crippen molar-refractivity contribution in [2.45, 2.75) is 67.7 Å². The number of rotatable bonds is 4. The molecule has 0 saturated carbocycles. The molecular formula is C21H36N4O. The molecule has 5 nitrogen and oxygen atoms in total. The number of aryl methyl sites for hydroxylation is 2. The number of nitrogens with zero attached hydrogens (tertiary/aromatic N) is 4. The predicted octanol–water partition coefficient (Wildman–Crippen LogP) is 3.90. The lowest BCUT2D eigenvalue weighted by atomic mass is 9.84. The Balaban J connectivity index is 1.99. The van der Waals surface area contributed by atoms with Crippen molar-refractivity contribution >= 4 is 11.7 Å². The maximum absolute atomic E-state index is 12.7. The van der Waals surface area contributed by atoms with Gasteiger partial charge in [-0.25, -0.2) is 9.97 Å². The van der Waals surface area contributed by atoms with Gasteiger partial charge in [-0.15, -0.1) is 0 Å². The smallest absolute Gasteiger partial charge is 0.222 e. The normalized spacial score (nSPS) is 17.2. The van der Waals surface area contributed by atoms with E-state index in [2.05, 4.69) is 54.4 Å². The third-order valence-corrected chi connectivity index (χ3v) is 5.11. The average Bonchev–Trinajstić information content (AvgIpc) is 2.74. The van der Waals surface area contributed by atoms with Crippen LogP contribution in [0.15, 0.2) is 0 Å². The maximum Gasteiger partial charge on any atom is 0.222 e. The summed E-state index contributed by atoms with van der Waals surface area (Å²) in [5.74, 6) is 2.58. The standard InChI is InChI=1S/C21H36N4O/c1-15(14-21(5,6)7)13-19(26)24-9-8-10-25(12-11-24)20-16(2)17(3)22-18(4)23-20/h15H,8-14H2,1-7H3. The van der Waals surface area contributed by atoms with Gasteiger partial charge in [0, 0.05) is 43.9 Å². The van der Waals surface area contributed by atoms with Crippen LogP contribution >= 0.6 is 0 Å². The Morgan fingerprint density at radius 1 is 1.08 bits per heavy atom. The number of hydrogen-bond acceptors (Lipinski definition) is 4. The van der Waals surface area contributed by atoms with E-state index in [1.54, 1.807) is 0 Å². The van der Waals surface area contributed by atoms with Crippen molar-refractivity contribution in [3.8, 4) is 0 Å². The first kappa shape index (κ1) is 20.7. The van der Waals surface area contributed by atoms with Crippen LogP contribution in [0.2, 0.25) is 0 Å². The molecule has 2 heterocycles. The van der Waals surface area contributed by atoms with Gasteiger partial charge in [-0.05, 0) is 44.9 Å². The summed E-state index contributed by atoms with van der Waals surface area (Å²) in [6.07, 6.45) is 2.72. The van der Waals surface area contributed by atoms with Gasteiger partial charge in [0.2, 0.25) is 5.91 Å². The number of carbonyl (C=O) groups excluding carboxylic acids is 1. The fourth-order valence-corrected chi connectivity index (χ4v) is 3.98. The van der Waals surface area contributed by atoms with E-state index in [4.69, 9.17) is 0 Å². The Kier molecular flexibility index (Phi) is 6.64. The molecule has 146 valence electrons. The highest BCUT2D eigenvalue weighted by Crippen LogP contribution is 2.27. The summed E-state index contributed by atoms with van der Waals surface area (Å²) in [6.45, 7) is 18.4. The Labute approximate surface area is 159 Å². The number of aromatic nitrogens is 2. The first-order valence-electron chi connectivity index (χ1n) is 9.91. The molecule has 1 aliphatic rings. The van der Waals surface area contributed by atoms with Crippen LogP contribution in [0, 0.1) is 32.1 Å². The fraction of sp³-hybridized carbons (Fsp3) is 0.762. The van der Waals surface area contributed by atoms with Gasteiger partial charge in [-0.1, -0.05) is 27.7 Å². The number of carbonyl (C=O) groups is 1. The van der Waals surface area contributed by atoms with Crippen LogP contribution in [0.1, 0.15) is 64.0 Å². The second kappa shape index (κ2) is 8.36. The minimum atomic E-state index is 0.273. The van der Waals surface area contributed by atoms with Crippen LogP contribution in [-0.4, -0.2) is 47.0 Å². The number of anilines is 1. The van der Waals surface area contributed by atoms with Gasteiger partial charge >= 0.3 is 0 Å². The van der Waals surface area contributed by atoms with Crippen LogP contribution in [0.25, 0.3) is 0 Å². The van der Waals surface area contributed by atoms with Crippen LogP contribution in [0.3, 0.4) is 0 Å². The highest BCUT2D eigenvalue weighted by molar-refractivity contribution is 5.76. The molecule has 0 spiro atoms. The minimum absolute atomic E-state index is 0.273. The molecule has 1 unspecified atom stereocenters. The van der Waals surface area contributed by atoms with Crippen molar-refractivity contribution in [1.29, 1.82) is 0 Å². The minimum Gasteiger partial charge on any atom is -0.354 e. The van der Waals surface area contributed by atoms with Gasteiger partial charge in [0.15, 0.2) is 0 Å². The summed E-state index contributed by atoms with van der Waals surface area (Å²) in [5.41, 5.74) is 2.46. The molecule has 1 aromatic rings. The molecule has 0 aromatic carbocycles. The predicted molar refractivity (Wildman–Crippen MR) is 108 cm³/mol. The van der Waals surface area contributed by atoms with Crippen LogP contribution in [0.5, 0.6) is 0 Å². The molecule has 1 aliphatic heterocycles. The summed E-state index contributed by atoms with van der Waals surface area (Å²) in [6, 6.07) is 0. The summed E-state index contributed by atoms with van der Waals surface area (Å²) < 4.78 is 0. The second-order valence-corrected chi connectivity index (χ2v) is 9.10. The maximum atomic E-state index is 12.7. The van der Waals surface area contributed by atoms with E-state index in [9.17, 15) is 4.79 Å². The second-order valence-electron chi connectivity index (χ2n) is 9.10. The molecule has 1 fully saturated rings. The Bertz CT molecular complexity index is 636. The van der Waals surface area contributed by atoms with Gasteiger partial charge in [-0.2, -0.15) is 0 Å². The molecule has 1 amide bonds. The van der Waals surface area contributed by atoms with E-state index < -0.39 is 0 Å². The van der Waals surface area contributed by atoms with Crippen LogP contribution in [0.4, 0.5) is 5.82 Å². The van der Waals surface area contributed by atoms with Crippen molar-refractivity contribution in [2.24, 2.45) is 11.3 Å². The molecular weight excluding hydrogens is 324 g/mol. The van der Waals surface area contributed by atoms with E-state index in [0.29, 0.717) is 18.2 Å². The van der Waals surface area contributed by atoms with Gasteiger partial charge in [-0.3, -0.25) is 4.79 Å². The van der Waals surface area contributed by atoms with E-state index in [0.717, 1.165) is 61.9 Å². The third-order valence-electron chi connectivity index (χ3n) is 5.11. The Hall–Kier alpha value is -1.65. The highest BCUT2D eigenvalue weighted by Gasteiger charge is 2.24. The SMILES string of the molecule is Cc1nc(C)c(C)c(N2CCCN(C(=O)CC(C)CC(C)(C)C)CC2)n1. The van der Waals surface area contributed by atoms with Crippen molar-refractivity contribution in [3.63, 3.8) is 0 Å². The van der Waals surface area contributed by atoms with E-state index in [1.807, 2.05) is 13.8 Å². The lowest BCUT2D eigenvalue weighted by Gasteiger charge is -2.27. The topological polar surface area (TPSA) is 49.3 Å². The summed E-state index contributed by atoms with van der Waals surface area (Å²) in [7, 11) is 0. The molecule has 0 N–H and O–H groups in total. The molecule has 1 aromatic heterocycles. The summed E-state index contributed by atoms with van der Waals surface area (Å²) >= 11 is 0. The molecule has 2 rings (SSSR count). The lowest BCUT2D eigenvalue weighted by Crippen LogP contribution is -2.36. The quantitative estimate of drug-likeness (QED) is 0.817. The van der Waals surface area contributed by atoms with Crippen molar-refractivity contribution in [3.05, 3.63) is 17.1 Å². The van der Waals surface area contributed by atoms with Gasteiger partial charge in [0.05, 0.1) is 0 Å². The lowest BCUT2D eigenvalue weighted by molar-refractivity contribution is -0.132. The van der Waals surface area contributed by atoms with E-state index in [1.165, 1.54) is 0 Å². The molecule has 5 heteroatoms. The van der Waals surface area contributed by atoms with Gasteiger partial charge in [0.1, 0.15) is 11.6 Å². The van der Waals surface area contributed by atoms with E-state index >= 15 is 0 Å². The first-order chi connectivity index (χ1) is 12.1. The zero-order valence-electron chi connectivity index (χ0n) is 17.7. The van der Waals surface area contributed by atoms with Crippen LogP contribution in [-0.2, 0) is 4.79 Å². The first-order valence-corrected chi connectivity index (χ1v) is 9.91. The van der Waals surface area contributed by atoms with Gasteiger partial charge in [0.25, 0.3) is 0 Å².